The van der Waals surface area contributed by atoms with Crippen LogP contribution in [0.1, 0.15) is 61.4 Å². The summed E-state index contributed by atoms with van der Waals surface area (Å²) in [5.41, 5.74) is 6.52. The molecule has 25 heavy (non-hydrogen) atoms. The number of carbonyl (C=O) groups is 1. The van der Waals surface area contributed by atoms with Gasteiger partial charge in [0.05, 0.1) is 10.7 Å². The highest BCUT2D eigenvalue weighted by Gasteiger charge is 2.32. The minimum atomic E-state index is -0.278. The number of benzene rings is 1. The third-order valence-electron chi connectivity index (χ3n) is 4.38. The third-order valence-corrected chi connectivity index (χ3v) is 4.70. The van der Waals surface area contributed by atoms with Crippen LogP contribution >= 0.6 is 11.6 Å². The van der Waals surface area contributed by atoms with Crippen LogP contribution in [-0.2, 0) is 0 Å². The standard InChI is InChI=1S/C18H24ClN5O/c1-2-3-6-13(11-20)21-18(25)16-22-17(12-9-10-12)24(23-16)15-8-5-4-7-14(15)19/h4-5,7-8,12-13H,2-3,6,9-11,20H2,1H3,(H,21,25). The molecule has 1 unspecified atom stereocenters. The number of rotatable bonds is 8. The maximum atomic E-state index is 12.6. The molecule has 3 N–H and O–H groups in total. The number of carbonyl (C=O) groups excluding carboxylic acids is 1. The second-order valence-corrected chi connectivity index (χ2v) is 6.89. The Labute approximate surface area is 152 Å². The van der Waals surface area contributed by atoms with Crippen molar-refractivity contribution >= 4 is 17.5 Å². The van der Waals surface area contributed by atoms with E-state index in [2.05, 4.69) is 22.3 Å². The fourth-order valence-corrected chi connectivity index (χ4v) is 2.99. The predicted molar refractivity (Wildman–Crippen MR) is 98.2 cm³/mol. The fourth-order valence-electron chi connectivity index (χ4n) is 2.78. The molecule has 0 radical (unpaired) electrons. The zero-order chi connectivity index (χ0) is 17.8. The Morgan fingerprint density at radius 3 is 2.84 bits per heavy atom. The molecule has 1 fully saturated rings. The zero-order valence-electron chi connectivity index (χ0n) is 14.4. The van der Waals surface area contributed by atoms with Crippen LogP contribution in [0.3, 0.4) is 0 Å². The molecule has 1 heterocycles. The van der Waals surface area contributed by atoms with Crippen molar-refractivity contribution in [3.8, 4) is 5.69 Å². The molecule has 1 aliphatic carbocycles. The van der Waals surface area contributed by atoms with E-state index in [1.165, 1.54) is 0 Å². The van der Waals surface area contributed by atoms with Crippen LogP contribution in [0.4, 0.5) is 0 Å². The fraction of sp³-hybridized carbons (Fsp3) is 0.500. The summed E-state index contributed by atoms with van der Waals surface area (Å²) in [4.78, 5) is 17.1. The number of nitrogens with two attached hydrogens (primary N) is 1. The van der Waals surface area contributed by atoms with Crippen molar-refractivity contribution in [1.82, 2.24) is 20.1 Å². The molecule has 0 bridgehead atoms. The molecule has 3 rings (SSSR count). The maximum absolute atomic E-state index is 12.6. The largest absolute Gasteiger partial charge is 0.345 e. The van der Waals surface area contributed by atoms with Gasteiger partial charge >= 0.3 is 0 Å². The first kappa shape index (κ1) is 17.9. The topological polar surface area (TPSA) is 85.8 Å². The Bertz CT molecular complexity index is 741. The van der Waals surface area contributed by atoms with Crippen molar-refractivity contribution in [2.45, 2.75) is 51.0 Å². The summed E-state index contributed by atoms with van der Waals surface area (Å²) < 4.78 is 1.71. The molecule has 134 valence electrons. The van der Waals surface area contributed by atoms with Crippen LogP contribution in [0.15, 0.2) is 24.3 Å². The summed E-state index contributed by atoms with van der Waals surface area (Å²) in [5.74, 6) is 1.04. The van der Waals surface area contributed by atoms with Gasteiger partial charge in [0, 0.05) is 18.5 Å². The van der Waals surface area contributed by atoms with Crippen molar-refractivity contribution in [3.05, 3.63) is 40.9 Å². The molecule has 1 atom stereocenters. The maximum Gasteiger partial charge on any atom is 0.291 e. The van der Waals surface area contributed by atoms with Gasteiger partial charge in [-0.25, -0.2) is 9.67 Å². The van der Waals surface area contributed by atoms with Gasteiger partial charge in [-0.3, -0.25) is 4.79 Å². The van der Waals surface area contributed by atoms with Crippen LogP contribution in [0.2, 0.25) is 5.02 Å². The molecule has 1 amide bonds. The van der Waals surface area contributed by atoms with Gasteiger partial charge in [0.15, 0.2) is 0 Å². The molecule has 0 aliphatic heterocycles. The van der Waals surface area contributed by atoms with Crippen LogP contribution in [0, 0.1) is 0 Å². The molecule has 1 aromatic carbocycles. The number of unbranched alkanes of at least 4 members (excludes halogenated alkanes) is 1. The number of nitrogens with one attached hydrogen (secondary N) is 1. The lowest BCUT2D eigenvalue weighted by atomic mass is 10.1. The minimum absolute atomic E-state index is 0.0518. The first-order valence-corrected chi connectivity index (χ1v) is 9.24. The molecule has 2 aromatic rings. The lowest BCUT2D eigenvalue weighted by Crippen LogP contribution is -2.40. The lowest BCUT2D eigenvalue weighted by molar-refractivity contribution is 0.0925. The average Bonchev–Trinajstić information content (AvgIpc) is 3.37. The minimum Gasteiger partial charge on any atom is -0.345 e. The summed E-state index contributed by atoms with van der Waals surface area (Å²) in [7, 11) is 0. The summed E-state index contributed by atoms with van der Waals surface area (Å²) in [6, 6.07) is 7.41. The molecule has 0 saturated heterocycles. The van der Waals surface area contributed by atoms with Crippen LogP contribution < -0.4 is 11.1 Å². The Morgan fingerprint density at radius 1 is 1.44 bits per heavy atom. The molecule has 0 spiro atoms. The Hall–Kier alpha value is -1.92. The van der Waals surface area contributed by atoms with E-state index in [-0.39, 0.29) is 17.8 Å². The monoisotopic (exact) mass is 361 g/mol. The molecular weight excluding hydrogens is 338 g/mol. The number of para-hydroxylation sites is 1. The highest BCUT2D eigenvalue weighted by Crippen LogP contribution is 2.40. The van der Waals surface area contributed by atoms with E-state index in [0.29, 0.717) is 17.5 Å². The van der Waals surface area contributed by atoms with E-state index in [1.54, 1.807) is 4.68 Å². The van der Waals surface area contributed by atoms with Gasteiger partial charge in [-0.15, -0.1) is 5.10 Å². The normalized spacial score (nSPS) is 15.2. The van der Waals surface area contributed by atoms with E-state index in [1.807, 2.05) is 24.3 Å². The first-order valence-electron chi connectivity index (χ1n) is 8.86. The van der Waals surface area contributed by atoms with Crippen molar-refractivity contribution in [3.63, 3.8) is 0 Å². The number of hydrogen-bond donors (Lipinski definition) is 2. The van der Waals surface area contributed by atoms with E-state index in [4.69, 9.17) is 17.3 Å². The quantitative estimate of drug-likeness (QED) is 0.756. The van der Waals surface area contributed by atoms with Crippen molar-refractivity contribution in [2.75, 3.05) is 6.54 Å². The molecule has 1 aliphatic rings. The van der Waals surface area contributed by atoms with E-state index >= 15 is 0 Å². The smallest absolute Gasteiger partial charge is 0.291 e. The second-order valence-electron chi connectivity index (χ2n) is 6.48. The van der Waals surface area contributed by atoms with Gasteiger partial charge in [-0.05, 0) is 31.4 Å². The average molecular weight is 362 g/mol. The summed E-state index contributed by atoms with van der Waals surface area (Å²) in [6.45, 7) is 2.52. The Kier molecular flexibility index (Phi) is 5.71. The lowest BCUT2D eigenvalue weighted by Gasteiger charge is -2.14. The highest BCUT2D eigenvalue weighted by atomic mass is 35.5. The third kappa shape index (κ3) is 4.19. The van der Waals surface area contributed by atoms with Gasteiger partial charge in [0.25, 0.3) is 5.91 Å². The summed E-state index contributed by atoms with van der Waals surface area (Å²) >= 11 is 6.30. The molecule has 7 heteroatoms. The molecule has 6 nitrogen and oxygen atoms in total. The van der Waals surface area contributed by atoms with E-state index in [9.17, 15) is 4.79 Å². The summed E-state index contributed by atoms with van der Waals surface area (Å²) in [5, 5.41) is 7.97. The van der Waals surface area contributed by atoms with Crippen molar-refractivity contribution in [1.29, 1.82) is 0 Å². The number of nitrogens with zero attached hydrogens (tertiary/aromatic N) is 3. The predicted octanol–water partition coefficient (Wildman–Crippen LogP) is 3.05. The van der Waals surface area contributed by atoms with Crippen molar-refractivity contribution in [2.24, 2.45) is 5.73 Å². The highest BCUT2D eigenvalue weighted by molar-refractivity contribution is 6.32. The van der Waals surface area contributed by atoms with Gasteiger partial charge in [-0.1, -0.05) is 43.5 Å². The van der Waals surface area contributed by atoms with Crippen LogP contribution in [0.25, 0.3) is 5.69 Å². The van der Waals surface area contributed by atoms with Crippen LogP contribution in [-0.4, -0.2) is 33.3 Å². The number of amides is 1. The zero-order valence-corrected chi connectivity index (χ0v) is 15.2. The van der Waals surface area contributed by atoms with Gasteiger partial charge in [-0.2, -0.15) is 0 Å². The Balaban J connectivity index is 1.84. The SMILES string of the molecule is CCCCC(CN)NC(=O)c1nc(C2CC2)n(-c2ccccc2Cl)n1. The van der Waals surface area contributed by atoms with Gasteiger partial charge < -0.3 is 11.1 Å². The second kappa shape index (κ2) is 7.97. The Morgan fingerprint density at radius 2 is 2.20 bits per heavy atom. The molecule has 1 saturated carbocycles. The summed E-state index contributed by atoms with van der Waals surface area (Å²) in [6.07, 6.45) is 5.08. The van der Waals surface area contributed by atoms with Gasteiger partial charge in [0.1, 0.15) is 5.82 Å². The molecular formula is C18H24ClN5O. The number of aromatic nitrogens is 3. The number of hydrogen-bond acceptors (Lipinski definition) is 4. The van der Waals surface area contributed by atoms with E-state index in [0.717, 1.165) is 43.6 Å². The van der Waals surface area contributed by atoms with Crippen molar-refractivity contribution < 1.29 is 4.79 Å². The van der Waals surface area contributed by atoms with Gasteiger partial charge in [0.2, 0.25) is 5.82 Å². The van der Waals surface area contributed by atoms with E-state index < -0.39 is 0 Å². The first-order chi connectivity index (χ1) is 12.1. The number of halogens is 1. The van der Waals surface area contributed by atoms with Crippen LogP contribution in [0.5, 0.6) is 0 Å². The molecule has 1 aromatic heterocycles.